The SMILES string of the molecule is Cc1ccc(Nc2cnnc(NCc3ccccc3F)n2)cc1Br. The minimum absolute atomic E-state index is 0.267. The van der Waals surface area contributed by atoms with Gasteiger partial charge >= 0.3 is 0 Å². The Hall–Kier alpha value is -2.54. The lowest BCUT2D eigenvalue weighted by Crippen LogP contribution is -2.07. The van der Waals surface area contributed by atoms with Gasteiger partial charge in [0.15, 0.2) is 5.82 Å². The van der Waals surface area contributed by atoms with Crippen LogP contribution in [-0.2, 0) is 6.54 Å². The maximum atomic E-state index is 13.6. The molecule has 0 radical (unpaired) electrons. The van der Waals surface area contributed by atoms with Crippen LogP contribution in [0.15, 0.2) is 53.1 Å². The summed E-state index contributed by atoms with van der Waals surface area (Å²) >= 11 is 3.50. The van der Waals surface area contributed by atoms with Crippen molar-refractivity contribution < 1.29 is 4.39 Å². The second-order valence-corrected chi connectivity index (χ2v) is 6.05. The number of hydrogen-bond donors (Lipinski definition) is 2. The molecule has 0 aliphatic carbocycles. The maximum absolute atomic E-state index is 13.6. The average molecular weight is 388 g/mol. The van der Waals surface area contributed by atoms with Crippen LogP contribution in [0, 0.1) is 12.7 Å². The molecule has 122 valence electrons. The van der Waals surface area contributed by atoms with E-state index in [0.717, 1.165) is 15.7 Å². The summed E-state index contributed by atoms with van der Waals surface area (Å²) in [4.78, 5) is 4.33. The molecule has 0 amide bonds. The van der Waals surface area contributed by atoms with Gasteiger partial charge in [0.05, 0.1) is 6.20 Å². The minimum Gasteiger partial charge on any atom is -0.349 e. The van der Waals surface area contributed by atoms with Crippen molar-refractivity contribution in [1.82, 2.24) is 15.2 Å². The van der Waals surface area contributed by atoms with Crippen molar-refractivity contribution >= 4 is 33.4 Å². The molecule has 0 saturated carbocycles. The largest absolute Gasteiger partial charge is 0.349 e. The van der Waals surface area contributed by atoms with Crippen LogP contribution in [0.4, 0.5) is 21.8 Å². The lowest BCUT2D eigenvalue weighted by atomic mass is 10.2. The van der Waals surface area contributed by atoms with Gasteiger partial charge in [0, 0.05) is 22.3 Å². The first kappa shape index (κ1) is 16.3. The summed E-state index contributed by atoms with van der Waals surface area (Å²) in [7, 11) is 0. The lowest BCUT2D eigenvalue weighted by molar-refractivity contribution is 0.612. The van der Waals surface area contributed by atoms with Gasteiger partial charge in [-0.1, -0.05) is 40.2 Å². The molecule has 0 spiro atoms. The topological polar surface area (TPSA) is 62.7 Å². The van der Waals surface area contributed by atoms with Crippen LogP contribution in [0.1, 0.15) is 11.1 Å². The molecule has 3 aromatic rings. The first-order valence-electron chi connectivity index (χ1n) is 7.32. The van der Waals surface area contributed by atoms with Gasteiger partial charge in [-0.15, -0.1) is 5.10 Å². The summed E-state index contributed by atoms with van der Waals surface area (Å²) in [6.07, 6.45) is 1.53. The number of aromatic nitrogens is 3. The third kappa shape index (κ3) is 4.05. The van der Waals surface area contributed by atoms with Gasteiger partial charge in [-0.3, -0.25) is 0 Å². The molecule has 2 N–H and O–H groups in total. The number of nitrogens with zero attached hydrogens (tertiary/aromatic N) is 3. The van der Waals surface area contributed by atoms with Crippen molar-refractivity contribution in [3.05, 3.63) is 70.1 Å². The first-order chi connectivity index (χ1) is 11.6. The zero-order valence-electron chi connectivity index (χ0n) is 12.9. The molecule has 0 unspecified atom stereocenters. The highest BCUT2D eigenvalue weighted by atomic mass is 79.9. The van der Waals surface area contributed by atoms with Gasteiger partial charge in [-0.2, -0.15) is 10.1 Å². The van der Waals surface area contributed by atoms with E-state index in [2.05, 4.69) is 41.7 Å². The highest BCUT2D eigenvalue weighted by Gasteiger charge is 2.05. The molecule has 0 aliphatic rings. The number of halogens is 2. The van der Waals surface area contributed by atoms with Gasteiger partial charge in [0.25, 0.3) is 0 Å². The number of anilines is 3. The summed E-state index contributed by atoms with van der Waals surface area (Å²) < 4.78 is 14.6. The van der Waals surface area contributed by atoms with Crippen molar-refractivity contribution in [2.24, 2.45) is 0 Å². The smallest absolute Gasteiger partial charge is 0.244 e. The van der Waals surface area contributed by atoms with E-state index in [1.165, 1.54) is 12.3 Å². The van der Waals surface area contributed by atoms with E-state index in [1.54, 1.807) is 18.2 Å². The summed E-state index contributed by atoms with van der Waals surface area (Å²) in [5, 5.41) is 14.0. The van der Waals surface area contributed by atoms with E-state index in [0.29, 0.717) is 17.3 Å². The summed E-state index contributed by atoms with van der Waals surface area (Å²) in [5.74, 6) is 0.614. The third-order valence-corrected chi connectivity index (χ3v) is 4.25. The van der Waals surface area contributed by atoms with Crippen molar-refractivity contribution in [3.8, 4) is 0 Å². The van der Waals surface area contributed by atoms with Gasteiger partial charge in [0.2, 0.25) is 5.95 Å². The molecule has 0 saturated heterocycles. The fourth-order valence-corrected chi connectivity index (χ4v) is 2.45. The molecule has 5 nitrogen and oxygen atoms in total. The molecule has 3 rings (SSSR count). The van der Waals surface area contributed by atoms with Crippen LogP contribution in [0.25, 0.3) is 0 Å². The summed E-state index contributed by atoms with van der Waals surface area (Å²) in [6.45, 7) is 2.30. The molecule has 1 aromatic heterocycles. The van der Waals surface area contributed by atoms with Gasteiger partial charge in [-0.25, -0.2) is 4.39 Å². The second-order valence-electron chi connectivity index (χ2n) is 5.20. The molecule has 0 atom stereocenters. The Morgan fingerprint density at radius 1 is 1.17 bits per heavy atom. The van der Waals surface area contributed by atoms with E-state index < -0.39 is 0 Å². The van der Waals surface area contributed by atoms with Crippen LogP contribution in [-0.4, -0.2) is 15.2 Å². The summed E-state index contributed by atoms with van der Waals surface area (Å²) in [6, 6.07) is 12.5. The highest BCUT2D eigenvalue weighted by molar-refractivity contribution is 9.10. The predicted molar refractivity (Wildman–Crippen MR) is 95.7 cm³/mol. The van der Waals surface area contributed by atoms with Crippen LogP contribution in [0.2, 0.25) is 0 Å². The van der Waals surface area contributed by atoms with Crippen molar-refractivity contribution in [2.75, 3.05) is 10.6 Å². The van der Waals surface area contributed by atoms with E-state index in [9.17, 15) is 4.39 Å². The Morgan fingerprint density at radius 2 is 2.00 bits per heavy atom. The van der Waals surface area contributed by atoms with Crippen LogP contribution < -0.4 is 10.6 Å². The van der Waals surface area contributed by atoms with E-state index in [-0.39, 0.29) is 12.4 Å². The molecule has 0 bridgehead atoms. The normalized spacial score (nSPS) is 10.5. The average Bonchev–Trinajstić information content (AvgIpc) is 2.58. The molecular weight excluding hydrogens is 373 g/mol. The molecule has 24 heavy (non-hydrogen) atoms. The predicted octanol–water partition coefficient (Wildman–Crippen LogP) is 4.44. The lowest BCUT2D eigenvalue weighted by Gasteiger charge is -2.09. The van der Waals surface area contributed by atoms with Gasteiger partial charge < -0.3 is 10.6 Å². The number of nitrogens with one attached hydrogen (secondary N) is 2. The third-order valence-electron chi connectivity index (χ3n) is 3.40. The van der Waals surface area contributed by atoms with Crippen LogP contribution in [0.3, 0.4) is 0 Å². The van der Waals surface area contributed by atoms with Gasteiger partial charge in [-0.05, 0) is 30.7 Å². The summed E-state index contributed by atoms with van der Waals surface area (Å²) in [5.41, 5.74) is 2.57. The Kier molecular flexibility index (Phi) is 5.00. The van der Waals surface area contributed by atoms with Crippen molar-refractivity contribution in [2.45, 2.75) is 13.5 Å². The quantitative estimate of drug-likeness (QED) is 0.677. The molecule has 0 fully saturated rings. The number of benzene rings is 2. The van der Waals surface area contributed by atoms with E-state index >= 15 is 0 Å². The van der Waals surface area contributed by atoms with E-state index in [4.69, 9.17) is 0 Å². The fraction of sp³-hybridized carbons (Fsp3) is 0.118. The Bertz CT molecular complexity index is 856. The maximum Gasteiger partial charge on any atom is 0.244 e. The second kappa shape index (κ2) is 7.35. The molecule has 1 heterocycles. The van der Waals surface area contributed by atoms with Gasteiger partial charge in [0.1, 0.15) is 5.82 Å². The molecule has 0 aliphatic heterocycles. The first-order valence-corrected chi connectivity index (χ1v) is 8.11. The van der Waals surface area contributed by atoms with Crippen LogP contribution in [0.5, 0.6) is 0 Å². The Balaban J connectivity index is 1.69. The van der Waals surface area contributed by atoms with Crippen LogP contribution >= 0.6 is 15.9 Å². The zero-order chi connectivity index (χ0) is 16.9. The fourth-order valence-electron chi connectivity index (χ4n) is 2.07. The number of hydrogen-bond acceptors (Lipinski definition) is 5. The van der Waals surface area contributed by atoms with Crippen molar-refractivity contribution in [3.63, 3.8) is 0 Å². The molecule has 7 heteroatoms. The Labute approximate surface area is 147 Å². The molecular formula is C17H15BrFN5. The van der Waals surface area contributed by atoms with Crippen molar-refractivity contribution in [1.29, 1.82) is 0 Å². The molecule has 2 aromatic carbocycles. The minimum atomic E-state index is -0.267. The Morgan fingerprint density at radius 3 is 2.79 bits per heavy atom. The number of aryl methyl sites for hydroxylation is 1. The highest BCUT2D eigenvalue weighted by Crippen LogP contribution is 2.22. The monoisotopic (exact) mass is 387 g/mol. The van der Waals surface area contributed by atoms with E-state index in [1.807, 2.05) is 25.1 Å². The zero-order valence-corrected chi connectivity index (χ0v) is 14.5. The standard InChI is InChI=1S/C17H15BrFN5/c1-11-6-7-13(8-14(11)18)22-16-10-21-24-17(23-16)20-9-12-4-2-3-5-15(12)19/h2-8,10H,9H2,1H3,(H2,20,22,23,24). The number of rotatable bonds is 5.